The third-order valence-corrected chi connectivity index (χ3v) is 4.68. The van der Waals surface area contributed by atoms with Crippen molar-refractivity contribution in [1.29, 1.82) is 0 Å². The Balaban J connectivity index is 1.77. The minimum atomic E-state index is -4.61. The molecule has 3 rings (SSSR count). The summed E-state index contributed by atoms with van der Waals surface area (Å²) < 4.78 is 52.3. The highest BCUT2D eigenvalue weighted by atomic mass is 35.5. The van der Waals surface area contributed by atoms with E-state index in [9.17, 15) is 22.4 Å². The Morgan fingerprint density at radius 1 is 1.28 bits per heavy atom. The largest absolute Gasteiger partial charge is 0.416 e. The molecule has 3 N–H and O–H groups in total. The van der Waals surface area contributed by atoms with Gasteiger partial charge in [0, 0.05) is 34.9 Å². The quantitative estimate of drug-likeness (QED) is 0.714. The van der Waals surface area contributed by atoms with Gasteiger partial charge >= 0.3 is 6.18 Å². The molecule has 0 aliphatic carbocycles. The fraction of sp³-hybridized carbons (Fsp3) is 0.263. The van der Waals surface area contributed by atoms with Gasteiger partial charge < -0.3 is 16.0 Å². The minimum absolute atomic E-state index is 0.0230. The van der Waals surface area contributed by atoms with Gasteiger partial charge in [0.05, 0.1) is 18.3 Å². The summed E-state index contributed by atoms with van der Waals surface area (Å²) in [5, 5.41) is 2.83. The number of hydrogen-bond acceptors (Lipinski definition) is 4. The summed E-state index contributed by atoms with van der Waals surface area (Å²) in [6, 6.07) is 4.26. The molecule has 0 atom stereocenters. The van der Waals surface area contributed by atoms with Crippen LogP contribution in [-0.2, 0) is 6.18 Å². The van der Waals surface area contributed by atoms with Crippen molar-refractivity contribution >= 4 is 23.3 Å². The number of hydrogen-bond donors (Lipinski definition) is 2. The standard InChI is InChI=1S/C19H17ClF4N4O/c1-10-4-17(26-8-14(10)21)27-16-2-3-28(9-15(16)25)18(29)11-5-12(19(22,23)24)7-13(20)6-11/h4-8H,2-3,9,25H2,1H3,(H,26,27). The number of rotatable bonds is 3. The van der Waals surface area contributed by atoms with E-state index in [2.05, 4.69) is 10.3 Å². The number of aromatic nitrogens is 1. The Bertz CT molecular complexity index is 991. The van der Waals surface area contributed by atoms with Gasteiger partial charge in [-0.3, -0.25) is 4.79 Å². The Labute approximate surface area is 169 Å². The maximum atomic E-state index is 13.3. The van der Waals surface area contributed by atoms with Crippen LogP contribution in [-0.4, -0.2) is 28.9 Å². The van der Waals surface area contributed by atoms with Crippen molar-refractivity contribution in [3.63, 3.8) is 0 Å². The number of nitrogens with zero attached hydrogens (tertiary/aromatic N) is 2. The lowest BCUT2D eigenvalue weighted by Gasteiger charge is -2.30. The molecule has 1 amide bonds. The number of aryl methyl sites for hydroxylation is 1. The number of alkyl halides is 3. The zero-order valence-electron chi connectivity index (χ0n) is 15.3. The van der Waals surface area contributed by atoms with Gasteiger partial charge in [-0.15, -0.1) is 0 Å². The van der Waals surface area contributed by atoms with Gasteiger partial charge in [0.2, 0.25) is 0 Å². The number of carbonyl (C=O) groups excluding carboxylic acids is 1. The highest BCUT2D eigenvalue weighted by molar-refractivity contribution is 6.31. The van der Waals surface area contributed by atoms with Crippen LogP contribution in [0.3, 0.4) is 0 Å². The lowest BCUT2D eigenvalue weighted by atomic mass is 10.1. The van der Waals surface area contributed by atoms with Gasteiger partial charge in [-0.2, -0.15) is 13.2 Å². The Morgan fingerprint density at radius 2 is 2.00 bits per heavy atom. The van der Waals surface area contributed by atoms with Crippen molar-refractivity contribution in [2.45, 2.75) is 19.5 Å². The number of amides is 1. The normalized spacial score (nSPS) is 14.9. The lowest BCUT2D eigenvalue weighted by Crippen LogP contribution is -2.40. The molecule has 10 heteroatoms. The summed E-state index contributed by atoms with van der Waals surface area (Å²) in [5.41, 5.74) is 6.26. The summed E-state index contributed by atoms with van der Waals surface area (Å²) in [4.78, 5) is 17.9. The summed E-state index contributed by atoms with van der Waals surface area (Å²) in [7, 11) is 0. The predicted octanol–water partition coefficient (Wildman–Crippen LogP) is 4.33. The van der Waals surface area contributed by atoms with Crippen molar-refractivity contribution < 1.29 is 22.4 Å². The molecule has 2 aromatic rings. The molecule has 0 bridgehead atoms. The van der Waals surface area contributed by atoms with Gasteiger partial charge in [0.25, 0.3) is 5.91 Å². The first-order valence-corrected chi connectivity index (χ1v) is 8.96. The molecule has 0 radical (unpaired) electrons. The van der Waals surface area contributed by atoms with E-state index in [-0.39, 0.29) is 23.7 Å². The maximum Gasteiger partial charge on any atom is 0.416 e. The molecule has 0 unspecified atom stereocenters. The molecule has 1 aromatic carbocycles. The molecule has 0 saturated carbocycles. The van der Waals surface area contributed by atoms with Crippen molar-refractivity contribution in [2.75, 3.05) is 18.4 Å². The molecule has 29 heavy (non-hydrogen) atoms. The molecule has 1 aliphatic heterocycles. The molecule has 2 heterocycles. The third kappa shape index (κ3) is 4.79. The summed E-state index contributed by atoms with van der Waals surface area (Å²) >= 11 is 5.76. The van der Waals surface area contributed by atoms with E-state index in [0.717, 1.165) is 18.3 Å². The van der Waals surface area contributed by atoms with Gasteiger partial charge in [0.15, 0.2) is 0 Å². The molecular weight excluding hydrogens is 412 g/mol. The van der Waals surface area contributed by atoms with E-state index < -0.39 is 23.5 Å². The predicted molar refractivity (Wildman–Crippen MR) is 101 cm³/mol. The van der Waals surface area contributed by atoms with Crippen LogP contribution < -0.4 is 11.1 Å². The van der Waals surface area contributed by atoms with Crippen molar-refractivity contribution in [3.05, 3.63) is 69.4 Å². The third-order valence-electron chi connectivity index (χ3n) is 4.47. The molecule has 1 aliphatic rings. The second-order valence-corrected chi connectivity index (χ2v) is 7.09. The van der Waals surface area contributed by atoms with E-state index in [1.807, 2.05) is 0 Å². The second kappa shape index (κ2) is 7.90. The van der Waals surface area contributed by atoms with E-state index in [1.54, 1.807) is 6.92 Å². The van der Waals surface area contributed by atoms with Gasteiger partial charge in [-0.1, -0.05) is 11.6 Å². The van der Waals surface area contributed by atoms with E-state index in [4.69, 9.17) is 17.3 Å². The maximum absolute atomic E-state index is 13.3. The average Bonchev–Trinajstić information content (AvgIpc) is 2.64. The molecule has 5 nitrogen and oxygen atoms in total. The van der Waals surface area contributed by atoms with Crippen molar-refractivity contribution in [1.82, 2.24) is 9.88 Å². The molecule has 0 fully saturated rings. The van der Waals surface area contributed by atoms with Crippen LogP contribution in [0.15, 0.2) is 41.9 Å². The van der Waals surface area contributed by atoms with Crippen LogP contribution in [0.5, 0.6) is 0 Å². The SMILES string of the molecule is Cc1cc(NC2=C(N)CN(C(=O)c3cc(Cl)cc(C(F)(F)F)c3)CC2)ncc1F. The summed E-state index contributed by atoms with van der Waals surface area (Å²) in [6.07, 6.45) is -3.19. The van der Waals surface area contributed by atoms with Crippen molar-refractivity contribution in [2.24, 2.45) is 5.73 Å². The van der Waals surface area contributed by atoms with Gasteiger partial charge in [0.1, 0.15) is 11.6 Å². The second-order valence-electron chi connectivity index (χ2n) is 6.65. The van der Waals surface area contributed by atoms with Crippen LogP contribution in [0.25, 0.3) is 0 Å². The molecule has 154 valence electrons. The summed E-state index contributed by atoms with van der Waals surface area (Å²) in [6.45, 7) is 1.85. The van der Waals surface area contributed by atoms with Crippen LogP contribution >= 0.6 is 11.6 Å². The van der Waals surface area contributed by atoms with E-state index in [1.165, 1.54) is 17.0 Å². The average molecular weight is 429 g/mol. The summed E-state index contributed by atoms with van der Waals surface area (Å²) in [5.74, 6) is -0.625. The smallest absolute Gasteiger partial charge is 0.399 e. The molecule has 0 saturated heterocycles. The molecule has 0 spiro atoms. The number of carbonyl (C=O) groups is 1. The number of nitrogens with two attached hydrogens (primary N) is 1. The van der Waals surface area contributed by atoms with Gasteiger partial charge in [-0.05, 0) is 36.8 Å². The van der Waals surface area contributed by atoms with E-state index in [0.29, 0.717) is 29.2 Å². The van der Waals surface area contributed by atoms with Crippen LogP contribution in [0, 0.1) is 12.7 Å². The van der Waals surface area contributed by atoms with Crippen LogP contribution in [0.1, 0.15) is 27.9 Å². The Kier molecular flexibility index (Phi) is 5.70. The van der Waals surface area contributed by atoms with E-state index >= 15 is 0 Å². The first-order chi connectivity index (χ1) is 13.5. The molecule has 1 aromatic heterocycles. The Hall–Kier alpha value is -2.81. The lowest BCUT2D eigenvalue weighted by molar-refractivity contribution is -0.137. The van der Waals surface area contributed by atoms with Crippen molar-refractivity contribution in [3.8, 4) is 0 Å². The fourth-order valence-electron chi connectivity index (χ4n) is 2.93. The first kappa shape index (κ1) is 20.9. The number of halogens is 5. The number of nitrogens with one attached hydrogen (secondary N) is 1. The number of benzene rings is 1. The van der Waals surface area contributed by atoms with Gasteiger partial charge in [-0.25, -0.2) is 9.37 Å². The zero-order chi connectivity index (χ0) is 21.3. The highest BCUT2D eigenvalue weighted by Crippen LogP contribution is 2.32. The zero-order valence-corrected chi connectivity index (χ0v) is 16.0. The monoisotopic (exact) mass is 428 g/mol. The van der Waals surface area contributed by atoms with Crippen LogP contribution in [0.4, 0.5) is 23.4 Å². The minimum Gasteiger partial charge on any atom is -0.399 e. The fourth-order valence-corrected chi connectivity index (χ4v) is 3.16. The highest BCUT2D eigenvalue weighted by Gasteiger charge is 2.32. The number of pyridine rings is 1. The first-order valence-electron chi connectivity index (χ1n) is 8.58. The molecular formula is C19H17ClF4N4O. The Morgan fingerprint density at radius 3 is 2.62 bits per heavy atom. The number of anilines is 1. The topological polar surface area (TPSA) is 71.2 Å². The van der Waals surface area contributed by atoms with Crippen LogP contribution in [0.2, 0.25) is 5.02 Å².